The number of hydrogen-bond acceptors (Lipinski definition) is 3. The van der Waals surface area contributed by atoms with Crippen LogP contribution in [0, 0.1) is 11.6 Å². The van der Waals surface area contributed by atoms with Crippen molar-refractivity contribution in [3.05, 3.63) is 94.3 Å². The fraction of sp³-hybridized carbons (Fsp3) is 0.419. The highest BCUT2D eigenvalue weighted by molar-refractivity contribution is 5.99. The Kier molecular flexibility index (Phi) is 9.26. The van der Waals surface area contributed by atoms with E-state index < -0.39 is 11.6 Å². The second kappa shape index (κ2) is 12.8. The lowest BCUT2D eigenvalue weighted by atomic mass is 9.95. The van der Waals surface area contributed by atoms with Gasteiger partial charge in [-0.15, -0.1) is 0 Å². The summed E-state index contributed by atoms with van der Waals surface area (Å²) in [6, 6.07) is 16.1. The Hall–Kier alpha value is -3.28. The third-order valence-corrected chi connectivity index (χ3v) is 7.24. The van der Waals surface area contributed by atoms with Gasteiger partial charge in [0.2, 0.25) is 0 Å². The Morgan fingerprint density at radius 2 is 1.81 bits per heavy atom. The third kappa shape index (κ3) is 6.94. The first-order chi connectivity index (χ1) is 18.0. The Morgan fingerprint density at radius 1 is 1.05 bits per heavy atom. The average Bonchev–Trinajstić information content (AvgIpc) is 3.55. The molecule has 0 saturated heterocycles. The number of carbonyl (C=O) groups excluding carboxylic acids is 1. The molecule has 6 heteroatoms. The molecule has 0 unspecified atom stereocenters. The van der Waals surface area contributed by atoms with Crippen LogP contribution >= 0.6 is 0 Å². The normalized spacial score (nSPS) is 14.1. The Morgan fingerprint density at radius 3 is 2.51 bits per heavy atom. The topological polar surface area (TPSA) is 37.6 Å². The maximum absolute atomic E-state index is 13.7. The quantitative estimate of drug-likeness (QED) is 0.147. The zero-order valence-electron chi connectivity index (χ0n) is 21.9. The number of aromatic nitrogens is 1. The van der Waals surface area contributed by atoms with Crippen molar-refractivity contribution in [3.8, 4) is 0 Å². The number of unbranched alkanes of at least 4 members (excludes halogenated alkanes) is 1. The number of ketones is 1. The zero-order valence-corrected chi connectivity index (χ0v) is 21.9. The molecule has 4 rings (SSSR count). The van der Waals surface area contributed by atoms with Crippen molar-refractivity contribution in [2.45, 2.75) is 70.8 Å². The molecule has 1 heterocycles. The lowest BCUT2D eigenvalue weighted by molar-refractivity contribution is 0.0981. The fourth-order valence-electron chi connectivity index (χ4n) is 5.19. The van der Waals surface area contributed by atoms with E-state index in [9.17, 15) is 13.6 Å². The molecule has 1 saturated carbocycles. The number of carbonyl (C=O) groups is 1. The van der Waals surface area contributed by atoms with Crippen LogP contribution < -0.4 is 0 Å². The van der Waals surface area contributed by atoms with Gasteiger partial charge in [0, 0.05) is 37.8 Å². The third-order valence-electron chi connectivity index (χ3n) is 7.24. The predicted molar refractivity (Wildman–Crippen MR) is 145 cm³/mol. The molecule has 0 amide bonds. The standard InChI is InChI=1S/C31H37F2N3O/c1-3-4-18-35(2)34-21-26-20-27(30(37)17-15-23-14-16-28(32)29(33)19-23)31(25-12-8-9-13-25)36(26)22-24-10-6-5-7-11-24/h5-7,10-11,14,16,19-21,25H,3-4,8-9,12-13,15,17-18,22H2,1-2H3/b34-21-. The fourth-order valence-corrected chi connectivity index (χ4v) is 5.19. The van der Waals surface area contributed by atoms with Gasteiger partial charge in [0.15, 0.2) is 17.4 Å². The summed E-state index contributed by atoms with van der Waals surface area (Å²) in [5.41, 5.74) is 4.55. The van der Waals surface area contributed by atoms with Crippen LogP contribution in [0.5, 0.6) is 0 Å². The monoisotopic (exact) mass is 505 g/mol. The molecule has 4 nitrogen and oxygen atoms in total. The molecule has 1 fully saturated rings. The van der Waals surface area contributed by atoms with E-state index >= 15 is 0 Å². The molecule has 2 aromatic carbocycles. The molecule has 3 aromatic rings. The second-order valence-electron chi connectivity index (χ2n) is 10.1. The zero-order chi connectivity index (χ0) is 26.2. The number of rotatable bonds is 12. The number of halogens is 2. The molecule has 0 spiro atoms. The lowest BCUT2D eigenvalue weighted by Gasteiger charge is -2.19. The van der Waals surface area contributed by atoms with E-state index in [1.54, 1.807) is 6.07 Å². The van der Waals surface area contributed by atoms with Crippen LogP contribution in [-0.4, -0.2) is 35.2 Å². The van der Waals surface area contributed by atoms with Crippen molar-refractivity contribution >= 4 is 12.0 Å². The van der Waals surface area contributed by atoms with Crippen molar-refractivity contribution in [1.29, 1.82) is 0 Å². The van der Waals surface area contributed by atoms with E-state index in [0.29, 0.717) is 24.4 Å². The minimum absolute atomic E-state index is 0.0347. The molecule has 1 aliphatic rings. The van der Waals surface area contributed by atoms with Crippen molar-refractivity contribution in [3.63, 3.8) is 0 Å². The first-order valence-electron chi connectivity index (χ1n) is 13.5. The summed E-state index contributed by atoms with van der Waals surface area (Å²) in [6.45, 7) is 3.71. The Balaban J connectivity index is 1.68. The summed E-state index contributed by atoms with van der Waals surface area (Å²) in [4.78, 5) is 13.6. The lowest BCUT2D eigenvalue weighted by Crippen LogP contribution is -2.15. The van der Waals surface area contributed by atoms with Gasteiger partial charge in [-0.1, -0.05) is 62.6 Å². The van der Waals surface area contributed by atoms with E-state index in [1.807, 2.05) is 42.5 Å². The molecule has 0 bridgehead atoms. The maximum Gasteiger partial charge on any atom is 0.165 e. The molecule has 0 radical (unpaired) electrons. The smallest absolute Gasteiger partial charge is 0.165 e. The van der Waals surface area contributed by atoms with Crippen LogP contribution in [0.3, 0.4) is 0 Å². The minimum Gasteiger partial charge on any atom is -0.338 e. The van der Waals surface area contributed by atoms with Gasteiger partial charge >= 0.3 is 0 Å². The largest absolute Gasteiger partial charge is 0.338 e. The van der Waals surface area contributed by atoms with E-state index in [1.165, 1.54) is 11.6 Å². The Labute approximate surface area is 219 Å². The number of Topliss-reactive ketones (excluding diaryl/α,β-unsaturated/α-hetero) is 1. The van der Waals surface area contributed by atoms with Gasteiger partial charge < -0.3 is 9.58 Å². The van der Waals surface area contributed by atoms with Gasteiger partial charge in [0.05, 0.1) is 11.9 Å². The highest BCUT2D eigenvalue weighted by Crippen LogP contribution is 2.38. The number of hydrogen-bond donors (Lipinski definition) is 0. The highest BCUT2D eigenvalue weighted by atomic mass is 19.2. The first-order valence-corrected chi connectivity index (χ1v) is 13.5. The van der Waals surface area contributed by atoms with Crippen LogP contribution in [0.1, 0.15) is 90.7 Å². The van der Waals surface area contributed by atoms with Crippen LogP contribution in [0.15, 0.2) is 59.7 Å². The summed E-state index contributed by atoms with van der Waals surface area (Å²) in [7, 11) is 1.97. The number of hydrazone groups is 1. The van der Waals surface area contributed by atoms with Gasteiger partial charge in [-0.3, -0.25) is 4.79 Å². The predicted octanol–water partition coefficient (Wildman–Crippen LogP) is 7.35. The highest BCUT2D eigenvalue weighted by Gasteiger charge is 2.28. The molecule has 0 aliphatic heterocycles. The summed E-state index contributed by atoms with van der Waals surface area (Å²) in [5, 5.41) is 6.63. The minimum atomic E-state index is -0.878. The second-order valence-corrected chi connectivity index (χ2v) is 10.1. The van der Waals surface area contributed by atoms with E-state index in [2.05, 4.69) is 28.7 Å². The average molecular weight is 506 g/mol. The van der Waals surface area contributed by atoms with Crippen molar-refractivity contribution < 1.29 is 13.6 Å². The first kappa shape index (κ1) is 26.8. The summed E-state index contributed by atoms with van der Waals surface area (Å²) >= 11 is 0. The SMILES string of the molecule is CCCCN(C)/N=C\c1cc(C(=O)CCc2ccc(F)c(F)c2)c(C2CCCC2)n1Cc1ccccc1. The van der Waals surface area contributed by atoms with Crippen molar-refractivity contribution in [2.75, 3.05) is 13.6 Å². The number of benzene rings is 2. The van der Waals surface area contributed by atoms with Gasteiger partial charge in [0.25, 0.3) is 0 Å². The van der Waals surface area contributed by atoms with Gasteiger partial charge in [-0.25, -0.2) is 8.78 Å². The molecule has 196 valence electrons. The summed E-state index contributed by atoms with van der Waals surface area (Å²) < 4.78 is 29.3. The van der Waals surface area contributed by atoms with Gasteiger partial charge in [-0.2, -0.15) is 5.10 Å². The van der Waals surface area contributed by atoms with Gasteiger partial charge in [-0.05, 0) is 60.9 Å². The van der Waals surface area contributed by atoms with E-state index in [-0.39, 0.29) is 12.2 Å². The number of aryl methyl sites for hydroxylation is 1. The van der Waals surface area contributed by atoms with Gasteiger partial charge in [0.1, 0.15) is 0 Å². The Bertz CT molecular complexity index is 1210. The van der Waals surface area contributed by atoms with Crippen molar-refractivity contribution in [2.24, 2.45) is 5.10 Å². The maximum atomic E-state index is 13.7. The summed E-state index contributed by atoms with van der Waals surface area (Å²) in [5.74, 6) is -1.39. The molecular formula is C31H37F2N3O. The summed E-state index contributed by atoms with van der Waals surface area (Å²) in [6.07, 6.45) is 9.11. The molecule has 0 N–H and O–H groups in total. The molecule has 1 aliphatic carbocycles. The van der Waals surface area contributed by atoms with E-state index in [4.69, 9.17) is 0 Å². The molecule has 1 aromatic heterocycles. The van der Waals surface area contributed by atoms with Crippen LogP contribution in [0.25, 0.3) is 0 Å². The molecular weight excluding hydrogens is 468 g/mol. The molecule has 37 heavy (non-hydrogen) atoms. The van der Waals surface area contributed by atoms with E-state index in [0.717, 1.165) is 68.1 Å². The van der Waals surface area contributed by atoms with Crippen LogP contribution in [0.2, 0.25) is 0 Å². The van der Waals surface area contributed by atoms with Crippen LogP contribution in [0.4, 0.5) is 8.78 Å². The molecule has 0 atom stereocenters. The number of nitrogens with zero attached hydrogens (tertiary/aromatic N) is 3. The van der Waals surface area contributed by atoms with Crippen LogP contribution in [-0.2, 0) is 13.0 Å². The van der Waals surface area contributed by atoms with Crippen molar-refractivity contribution in [1.82, 2.24) is 9.58 Å².